The lowest BCUT2D eigenvalue weighted by molar-refractivity contribution is -0.763. The lowest BCUT2D eigenvalue weighted by atomic mass is 9.93. The van der Waals surface area contributed by atoms with Crippen molar-refractivity contribution in [2.45, 2.75) is 38.7 Å². The predicted octanol–water partition coefficient (Wildman–Crippen LogP) is 5.14. The smallest absolute Gasteiger partial charge is 0.480 e. The molecule has 0 aliphatic rings. The molecule has 0 aliphatic heterocycles. The zero-order valence-electron chi connectivity index (χ0n) is 29.1. The number of aliphatic carboxylic acids is 1. The van der Waals surface area contributed by atoms with Crippen molar-refractivity contribution >= 4 is 24.4 Å². The molecule has 0 fully saturated rings. The molecule has 0 saturated carbocycles. The molecule has 1 amide bonds. The summed E-state index contributed by atoms with van der Waals surface area (Å²) in [6, 6.07) is 20.1. The van der Waals surface area contributed by atoms with E-state index in [0.29, 0.717) is 0 Å². The molecule has 1 atom stereocenters. The van der Waals surface area contributed by atoms with Crippen molar-refractivity contribution in [2.24, 2.45) is 0 Å². The Labute approximate surface area is 318 Å². The van der Waals surface area contributed by atoms with Gasteiger partial charge in [-0.3, -0.25) is 0 Å². The van der Waals surface area contributed by atoms with E-state index in [2.05, 4.69) is 19.8 Å². The minimum atomic E-state index is -2.14. The molecule has 0 spiro atoms. The number of para-hydroxylation sites is 3. The predicted molar refractivity (Wildman–Crippen MR) is 183 cm³/mol. The van der Waals surface area contributed by atoms with Gasteiger partial charge in [0.2, 0.25) is 0 Å². The molecule has 57 heavy (non-hydrogen) atoms. The summed E-state index contributed by atoms with van der Waals surface area (Å²) in [6.45, 7) is -0.673. The number of carbonyl (C=O) groups excluding carboxylic acids is 3. The van der Waals surface area contributed by atoms with Gasteiger partial charge in [0.05, 0.1) is 0 Å². The number of carboxylic acid groups (broad SMARTS) is 1. The molecule has 4 aromatic carbocycles. The maximum Gasteiger partial charge on any atom is 0.519 e. The standard InChI is InChI=1S/C34H28N4O19/c1-34(30(39)40,35-31(41)53-25-11-5-2-8-22(25)18-50-36(44)45)17-21-14-15-28(56-32(42)54-26-12-6-3-9-23(26)19-51-37(46)47)29(16-21)57-33(43)55-27-13-7-4-10-24(27)20-52-38(48)49/h2-16H,17-20H2,1H3,(H,35,41)(H,39,40). The van der Waals surface area contributed by atoms with Crippen molar-refractivity contribution in [3.05, 3.63) is 144 Å². The highest BCUT2D eigenvalue weighted by molar-refractivity contribution is 5.85. The number of benzene rings is 4. The van der Waals surface area contributed by atoms with Crippen LogP contribution < -0.4 is 29.0 Å². The number of nitrogens with one attached hydrogen (secondary N) is 1. The van der Waals surface area contributed by atoms with Gasteiger partial charge >= 0.3 is 24.4 Å². The molecule has 2 N–H and O–H groups in total. The third-order valence-corrected chi connectivity index (χ3v) is 7.29. The van der Waals surface area contributed by atoms with E-state index in [0.717, 1.165) is 19.1 Å². The minimum absolute atomic E-state index is 0.0468. The lowest BCUT2D eigenvalue weighted by Gasteiger charge is -2.26. The Kier molecular flexibility index (Phi) is 14.0. The summed E-state index contributed by atoms with van der Waals surface area (Å²) < 4.78 is 26.2. The highest BCUT2D eigenvalue weighted by Crippen LogP contribution is 2.32. The Hall–Kier alpha value is -8.24. The fourth-order valence-electron chi connectivity index (χ4n) is 4.69. The number of rotatable bonds is 18. The van der Waals surface area contributed by atoms with Gasteiger partial charge in [0.25, 0.3) is 15.3 Å². The van der Waals surface area contributed by atoms with E-state index in [1.54, 1.807) is 0 Å². The number of amides is 1. The molecular formula is C34H28N4O19. The normalized spacial score (nSPS) is 11.4. The number of ether oxygens (including phenoxy) is 5. The van der Waals surface area contributed by atoms with Crippen LogP contribution in [0.1, 0.15) is 29.2 Å². The van der Waals surface area contributed by atoms with Gasteiger partial charge < -0.3 is 48.6 Å². The number of nitrogens with zero attached hydrogens (tertiary/aromatic N) is 3. The van der Waals surface area contributed by atoms with Crippen LogP contribution in [0.3, 0.4) is 0 Å². The third kappa shape index (κ3) is 12.7. The van der Waals surface area contributed by atoms with Crippen LogP contribution in [0.4, 0.5) is 14.4 Å². The van der Waals surface area contributed by atoms with Gasteiger partial charge in [-0.15, -0.1) is 30.3 Å². The van der Waals surface area contributed by atoms with Crippen LogP contribution in [0.2, 0.25) is 0 Å². The molecule has 23 nitrogen and oxygen atoms in total. The first kappa shape index (κ1) is 41.5. The van der Waals surface area contributed by atoms with Crippen molar-refractivity contribution in [3.63, 3.8) is 0 Å². The molecule has 4 aromatic rings. The van der Waals surface area contributed by atoms with E-state index >= 15 is 0 Å². The summed E-state index contributed by atoms with van der Waals surface area (Å²) >= 11 is 0. The summed E-state index contributed by atoms with van der Waals surface area (Å²) in [5, 5.41) is 41.2. The van der Waals surface area contributed by atoms with Crippen LogP contribution in [0.5, 0.6) is 28.7 Å². The highest BCUT2D eigenvalue weighted by Gasteiger charge is 2.36. The second-order valence-electron chi connectivity index (χ2n) is 11.3. The molecule has 4 rings (SSSR count). The first-order chi connectivity index (χ1) is 27.1. The Balaban J connectivity index is 1.60. The highest BCUT2D eigenvalue weighted by atomic mass is 17.0. The van der Waals surface area contributed by atoms with Crippen molar-refractivity contribution in [1.82, 2.24) is 5.32 Å². The largest absolute Gasteiger partial charge is 0.519 e. The van der Waals surface area contributed by atoms with Crippen molar-refractivity contribution in [2.75, 3.05) is 0 Å². The van der Waals surface area contributed by atoms with Crippen LogP contribution >= 0.6 is 0 Å². The average Bonchev–Trinajstić information content (AvgIpc) is 3.14. The Bertz CT molecular complexity index is 2160. The fourth-order valence-corrected chi connectivity index (χ4v) is 4.69. The van der Waals surface area contributed by atoms with E-state index in [9.17, 15) is 54.6 Å². The van der Waals surface area contributed by atoms with E-state index in [1.807, 2.05) is 0 Å². The van der Waals surface area contributed by atoms with Gasteiger partial charge in [0.15, 0.2) is 11.5 Å². The molecule has 23 heteroatoms. The minimum Gasteiger partial charge on any atom is -0.480 e. The maximum atomic E-state index is 13.0. The lowest BCUT2D eigenvalue weighted by Crippen LogP contribution is -2.54. The molecule has 0 aliphatic carbocycles. The average molecular weight is 797 g/mol. The van der Waals surface area contributed by atoms with Crippen LogP contribution in [0.25, 0.3) is 0 Å². The molecule has 0 heterocycles. The van der Waals surface area contributed by atoms with E-state index in [4.69, 9.17) is 23.7 Å². The number of carbonyl (C=O) groups is 4. The van der Waals surface area contributed by atoms with Gasteiger partial charge in [-0.1, -0.05) is 60.7 Å². The first-order valence-electron chi connectivity index (χ1n) is 15.8. The third-order valence-electron chi connectivity index (χ3n) is 7.29. The monoisotopic (exact) mass is 796 g/mol. The number of hydrogen-bond donors (Lipinski definition) is 2. The molecule has 0 saturated heterocycles. The van der Waals surface area contributed by atoms with Crippen LogP contribution in [-0.4, -0.2) is 50.3 Å². The van der Waals surface area contributed by atoms with Gasteiger partial charge in [-0.05, 0) is 42.8 Å². The summed E-state index contributed by atoms with van der Waals surface area (Å²) in [6.07, 6.45) is -4.71. The van der Waals surface area contributed by atoms with Crippen LogP contribution in [0.15, 0.2) is 91.0 Å². The summed E-state index contributed by atoms with van der Waals surface area (Å²) in [7, 11) is 0. The maximum absolute atomic E-state index is 13.0. The van der Waals surface area contributed by atoms with Crippen LogP contribution in [0, 0.1) is 30.3 Å². The molecule has 0 radical (unpaired) electrons. The first-order valence-corrected chi connectivity index (χ1v) is 15.8. The molecule has 0 aromatic heterocycles. The summed E-state index contributed by atoms with van der Waals surface area (Å²) in [5.41, 5.74) is -1.87. The van der Waals surface area contributed by atoms with Crippen LogP contribution in [-0.2, 0) is 45.5 Å². The summed E-state index contributed by atoms with van der Waals surface area (Å²) in [4.78, 5) is 96.4. The van der Waals surface area contributed by atoms with E-state index in [1.165, 1.54) is 78.9 Å². The zero-order chi connectivity index (χ0) is 41.5. The Morgan fingerprint density at radius 1 is 0.579 bits per heavy atom. The second-order valence-corrected chi connectivity index (χ2v) is 11.3. The fraction of sp³-hybridized carbons (Fsp3) is 0.176. The van der Waals surface area contributed by atoms with Crippen molar-refractivity contribution in [3.8, 4) is 28.7 Å². The number of carboxylic acids is 1. The van der Waals surface area contributed by atoms with Gasteiger partial charge in [-0.2, -0.15) is 0 Å². The SMILES string of the molecule is CC(Cc1ccc(OC(=O)Oc2ccccc2CO[N+](=O)[O-])c(OC(=O)Oc2ccccc2CO[N+](=O)[O-])c1)(NC(=O)Oc1ccccc1CO[N+](=O)[O-])C(=O)O. The van der Waals surface area contributed by atoms with Gasteiger partial charge in [0, 0.05) is 23.1 Å². The van der Waals surface area contributed by atoms with E-state index < -0.39 is 82.9 Å². The van der Waals surface area contributed by atoms with Crippen molar-refractivity contribution in [1.29, 1.82) is 0 Å². The molecule has 1 unspecified atom stereocenters. The van der Waals surface area contributed by atoms with Gasteiger partial charge in [0.1, 0.15) is 42.6 Å². The summed E-state index contributed by atoms with van der Waals surface area (Å²) in [5.74, 6) is -3.21. The van der Waals surface area contributed by atoms with Crippen molar-refractivity contribution < 1.29 is 77.7 Å². The van der Waals surface area contributed by atoms with E-state index in [-0.39, 0.29) is 39.5 Å². The zero-order valence-corrected chi connectivity index (χ0v) is 29.1. The quantitative estimate of drug-likeness (QED) is 0.0569. The molecule has 298 valence electrons. The topological polar surface area (TPSA) is 304 Å². The Morgan fingerprint density at radius 3 is 1.39 bits per heavy atom. The number of hydrogen-bond acceptors (Lipinski definition) is 18. The second kappa shape index (κ2) is 19.2. The Morgan fingerprint density at radius 2 is 0.965 bits per heavy atom. The molecule has 0 bridgehead atoms. The molecular weight excluding hydrogens is 768 g/mol. The van der Waals surface area contributed by atoms with Gasteiger partial charge in [-0.25, -0.2) is 19.2 Å².